The number of nitrogens with one attached hydrogen (secondary N) is 1. The van der Waals surface area contributed by atoms with E-state index in [1.807, 2.05) is 0 Å². The van der Waals surface area contributed by atoms with Crippen LogP contribution in [0.4, 0.5) is 0 Å². The van der Waals surface area contributed by atoms with Gasteiger partial charge < -0.3 is 5.32 Å². The van der Waals surface area contributed by atoms with Gasteiger partial charge in [-0.05, 0) is 31.7 Å². The molecule has 2 heteroatoms. The first-order valence-corrected chi connectivity index (χ1v) is 6.66. The highest BCUT2D eigenvalue weighted by atomic mass is 15.2. The van der Waals surface area contributed by atoms with Crippen molar-refractivity contribution in [1.29, 1.82) is 0 Å². The minimum Gasteiger partial charge on any atom is -0.313 e. The van der Waals surface area contributed by atoms with Gasteiger partial charge in [-0.1, -0.05) is 27.7 Å². The summed E-state index contributed by atoms with van der Waals surface area (Å²) in [6.45, 7) is 13.0. The van der Waals surface area contributed by atoms with Crippen molar-refractivity contribution in [2.45, 2.75) is 59.0 Å². The van der Waals surface area contributed by atoms with Crippen molar-refractivity contribution in [2.75, 3.05) is 19.6 Å². The number of hydrogen-bond donors (Lipinski definition) is 1. The first-order chi connectivity index (χ1) is 7.19. The topological polar surface area (TPSA) is 15.3 Å². The Morgan fingerprint density at radius 1 is 1.27 bits per heavy atom. The molecule has 0 aliphatic carbocycles. The molecule has 15 heavy (non-hydrogen) atoms. The van der Waals surface area contributed by atoms with Gasteiger partial charge in [-0.15, -0.1) is 0 Å². The van der Waals surface area contributed by atoms with E-state index in [0.717, 1.165) is 18.0 Å². The zero-order valence-electron chi connectivity index (χ0n) is 10.9. The van der Waals surface area contributed by atoms with Gasteiger partial charge in [-0.2, -0.15) is 0 Å². The molecule has 0 bridgehead atoms. The van der Waals surface area contributed by atoms with Crippen molar-refractivity contribution in [3.63, 3.8) is 0 Å². The maximum Gasteiger partial charge on any atom is 0.0116 e. The van der Waals surface area contributed by atoms with Crippen LogP contribution in [-0.2, 0) is 0 Å². The van der Waals surface area contributed by atoms with Gasteiger partial charge >= 0.3 is 0 Å². The Bertz CT molecular complexity index is 168. The Hall–Kier alpha value is -0.0800. The van der Waals surface area contributed by atoms with Crippen LogP contribution in [0.15, 0.2) is 0 Å². The van der Waals surface area contributed by atoms with Crippen LogP contribution < -0.4 is 5.32 Å². The molecule has 1 aliphatic rings. The minimum absolute atomic E-state index is 0.750. The van der Waals surface area contributed by atoms with E-state index >= 15 is 0 Å². The molecule has 2 atom stereocenters. The molecule has 2 nitrogen and oxygen atoms in total. The number of rotatable bonds is 4. The fourth-order valence-electron chi connectivity index (χ4n) is 2.78. The number of nitrogens with zero attached hydrogens (tertiary/aromatic N) is 1. The molecule has 0 radical (unpaired) electrons. The Morgan fingerprint density at radius 3 is 2.53 bits per heavy atom. The van der Waals surface area contributed by atoms with Gasteiger partial charge in [-0.25, -0.2) is 0 Å². The third-order valence-corrected chi connectivity index (χ3v) is 3.75. The monoisotopic (exact) mass is 212 g/mol. The van der Waals surface area contributed by atoms with E-state index in [2.05, 4.69) is 37.9 Å². The predicted molar refractivity (Wildman–Crippen MR) is 67.2 cm³/mol. The van der Waals surface area contributed by atoms with Crippen molar-refractivity contribution in [3.8, 4) is 0 Å². The number of hydrogen-bond acceptors (Lipinski definition) is 2. The summed E-state index contributed by atoms with van der Waals surface area (Å²) in [4.78, 5) is 2.69. The molecular weight excluding hydrogens is 184 g/mol. The van der Waals surface area contributed by atoms with Crippen molar-refractivity contribution in [1.82, 2.24) is 10.2 Å². The van der Waals surface area contributed by atoms with Crippen LogP contribution in [0.3, 0.4) is 0 Å². The van der Waals surface area contributed by atoms with E-state index in [1.165, 1.54) is 38.9 Å². The summed E-state index contributed by atoms with van der Waals surface area (Å²) in [5.41, 5.74) is 0. The minimum atomic E-state index is 0.750. The van der Waals surface area contributed by atoms with Gasteiger partial charge in [0.05, 0.1) is 0 Å². The molecular formula is C13H28N2. The largest absolute Gasteiger partial charge is 0.313 e. The Morgan fingerprint density at radius 2 is 2.00 bits per heavy atom. The fourth-order valence-corrected chi connectivity index (χ4v) is 2.78. The van der Waals surface area contributed by atoms with Crippen molar-refractivity contribution >= 4 is 0 Å². The van der Waals surface area contributed by atoms with Gasteiger partial charge in [0, 0.05) is 25.2 Å². The van der Waals surface area contributed by atoms with E-state index in [4.69, 9.17) is 0 Å². The Balaban J connectivity index is 2.48. The summed E-state index contributed by atoms with van der Waals surface area (Å²) in [5.74, 6) is 0.785. The van der Waals surface area contributed by atoms with E-state index in [0.29, 0.717) is 0 Å². The van der Waals surface area contributed by atoms with E-state index in [-0.39, 0.29) is 0 Å². The summed E-state index contributed by atoms with van der Waals surface area (Å²) in [5, 5.41) is 3.64. The average Bonchev–Trinajstić information content (AvgIpc) is 2.44. The van der Waals surface area contributed by atoms with E-state index in [9.17, 15) is 0 Å². The molecule has 0 aromatic carbocycles. The molecule has 0 saturated carbocycles. The summed E-state index contributed by atoms with van der Waals surface area (Å²) < 4.78 is 0. The maximum absolute atomic E-state index is 3.64. The second-order valence-electron chi connectivity index (χ2n) is 5.10. The zero-order valence-corrected chi connectivity index (χ0v) is 10.9. The standard InChI is InChI=1S/C13H28N2/c1-5-12-7-9-15(10-8-14-12)13(6-2)11(3)4/h11-14H,5-10H2,1-4H3. The molecule has 0 aromatic heterocycles. The van der Waals surface area contributed by atoms with Crippen molar-refractivity contribution in [3.05, 3.63) is 0 Å². The van der Waals surface area contributed by atoms with Crippen LogP contribution in [0.25, 0.3) is 0 Å². The van der Waals surface area contributed by atoms with E-state index < -0.39 is 0 Å². The van der Waals surface area contributed by atoms with Gasteiger partial charge in [-0.3, -0.25) is 4.90 Å². The summed E-state index contributed by atoms with van der Waals surface area (Å²) in [6, 6.07) is 1.53. The molecule has 0 amide bonds. The Labute approximate surface area is 95.4 Å². The van der Waals surface area contributed by atoms with Crippen LogP contribution in [0, 0.1) is 5.92 Å². The summed E-state index contributed by atoms with van der Waals surface area (Å²) in [6.07, 6.45) is 3.88. The van der Waals surface area contributed by atoms with Gasteiger partial charge in [0.1, 0.15) is 0 Å². The molecule has 1 heterocycles. The van der Waals surface area contributed by atoms with Gasteiger partial charge in [0.2, 0.25) is 0 Å². The van der Waals surface area contributed by atoms with Crippen LogP contribution in [0.5, 0.6) is 0 Å². The van der Waals surface area contributed by atoms with Gasteiger partial charge in [0.15, 0.2) is 0 Å². The molecule has 0 aromatic rings. The van der Waals surface area contributed by atoms with Crippen LogP contribution in [0.1, 0.15) is 47.0 Å². The first-order valence-electron chi connectivity index (χ1n) is 6.66. The molecule has 2 unspecified atom stereocenters. The van der Waals surface area contributed by atoms with Crippen LogP contribution >= 0.6 is 0 Å². The quantitative estimate of drug-likeness (QED) is 0.770. The van der Waals surface area contributed by atoms with E-state index in [1.54, 1.807) is 0 Å². The van der Waals surface area contributed by atoms with Crippen LogP contribution in [0.2, 0.25) is 0 Å². The second-order valence-corrected chi connectivity index (χ2v) is 5.10. The van der Waals surface area contributed by atoms with Crippen molar-refractivity contribution < 1.29 is 0 Å². The molecule has 90 valence electrons. The lowest BCUT2D eigenvalue weighted by Gasteiger charge is -2.32. The highest BCUT2D eigenvalue weighted by molar-refractivity contribution is 4.80. The molecule has 0 spiro atoms. The highest BCUT2D eigenvalue weighted by Crippen LogP contribution is 2.16. The van der Waals surface area contributed by atoms with Crippen LogP contribution in [-0.4, -0.2) is 36.6 Å². The Kier molecular flexibility index (Phi) is 5.62. The SMILES string of the molecule is CCC1CCN(C(CC)C(C)C)CCN1. The normalized spacial score (nSPS) is 26.6. The summed E-state index contributed by atoms with van der Waals surface area (Å²) >= 11 is 0. The average molecular weight is 212 g/mol. The third kappa shape index (κ3) is 3.76. The smallest absolute Gasteiger partial charge is 0.0116 e. The first kappa shape index (κ1) is 13.0. The molecule has 1 rings (SSSR count). The molecule has 1 saturated heterocycles. The third-order valence-electron chi connectivity index (χ3n) is 3.75. The molecule has 1 N–H and O–H groups in total. The highest BCUT2D eigenvalue weighted by Gasteiger charge is 2.22. The van der Waals surface area contributed by atoms with Crippen molar-refractivity contribution in [2.24, 2.45) is 5.92 Å². The fraction of sp³-hybridized carbons (Fsp3) is 1.00. The lowest BCUT2D eigenvalue weighted by atomic mass is 9.99. The molecule has 1 aliphatic heterocycles. The summed E-state index contributed by atoms with van der Waals surface area (Å²) in [7, 11) is 0. The molecule has 1 fully saturated rings. The predicted octanol–water partition coefficient (Wildman–Crippen LogP) is 2.49. The lowest BCUT2D eigenvalue weighted by molar-refractivity contribution is 0.159. The zero-order chi connectivity index (χ0) is 11.3. The second kappa shape index (κ2) is 6.49. The lowest BCUT2D eigenvalue weighted by Crippen LogP contribution is -2.40. The van der Waals surface area contributed by atoms with Gasteiger partial charge in [0.25, 0.3) is 0 Å². The maximum atomic E-state index is 3.64.